The van der Waals surface area contributed by atoms with Gasteiger partial charge in [-0.3, -0.25) is 4.79 Å². The quantitative estimate of drug-likeness (QED) is 0.537. The zero-order chi connectivity index (χ0) is 16.1. The molecule has 1 fully saturated rings. The number of allylic oxidation sites excluding steroid dienone is 6. The maximum atomic E-state index is 12.5. The molecule has 0 aromatic carbocycles. The largest absolute Gasteiger partial charge is 0.469 e. The molecule has 2 aliphatic heterocycles. The molecule has 0 radical (unpaired) electrons. The zero-order valence-corrected chi connectivity index (χ0v) is 12.7. The van der Waals surface area contributed by atoms with Crippen molar-refractivity contribution in [1.29, 1.82) is 0 Å². The first-order valence-electron chi connectivity index (χ1n) is 7.55. The van der Waals surface area contributed by atoms with Crippen LogP contribution in [0, 0.1) is 16.7 Å². The summed E-state index contributed by atoms with van der Waals surface area (Å²) in [5.41, 5.74) is -1.75. The third-order valence-electron chi connectivity index (χ3n) is 6.09. The third-order valence-corrected chi connectivity index (χ3v) is 6.09. The van der Waals surface area contributed by atoms with Gasteiger partial charge >= 0.3 is 17.3 Å². The van der Waals surface area contributed by atoms with E-state index in [0.717, 1.165) is 4.57 Å². The van der Waals surface area contributed by atoms with E-state index in [2.05, 4.69) is 0 Å². The number of aromatic nitrogens is 3. The Labute approximate surface area is 130 Å². The smallest absolute Gasteiger partial charge is 0.347 e. The van der Waals surface area contributed by atoms with Gasteiger partial charge in [-0.15, -0.1) is 0 Å². The van der Waals surface area contributed by atoms with E-state index in [0.29, 0.717) is 0 Å². The average Bonchev–Trinajstić information content (AvgIpc) is 3.19. The summed E-state index contributed by atoms with van der Waals surface area (Å²) in [5.74, 6) is -0.688. The Morgan fingerprint density at radius 2 is 1.52 bits per heavy atom. The molecule has 0 spiro atoms. The van der Waals surface area contributed by atoms with Gasteiger partial charge in [0.05, 0.1) is 25.1 Å². The van der Waals surface area contributed by atoms with Crippen molar-refractivity contribution in [3.8, 4) is 0 Å². The molecule has 6 rings (SSSR count). The number of carbonyl (C=O) groups excluding carboxylic acids is 1. The molecule has 0 saturated heterocycles. The highest BCUT2D eigenvalue weighted by molar-refractivity contribution is 5.83. The minimum absolute atomic E-state index is 0.296. The van der Waals surface area contributed by atoms with Crippen LogP contribution in [-0.4, -0.2) is 27.0 Å². The number of carbonyl (C=O) groups is 1. The van der Waals surface area contributed by atoms with Gasteiger partial charge in [-0.25, -0.2) is 23.5 Å². The summed E-state index contributed by atoms with van der Waals surface area (Å²) in [7, 11) is 2.86. The van der Waals surface area contributed by atoms with E-state index < -0.39 is 16.7 Å². The Morgan fingerprint density at radius 3 is 1.96 bits per heavy atom. The van der Waals surface area contributed by atoms with Crippen LogP contribution in [-0.2, 0) is 16.6 Å². The Bertz CT molecular complexity index is 907. The van der Waals surface area contributed by atoms with Crippen molar-refractivity contribution >= 4 is 5.97 Å². The number of hydrogen-bond acceptors (Lipinski definition) is 4. The van der Waals surface area contributed by atoms with Crippen molar-refractivity contribution in [1.82, 2.24) is 13.9 Å². The van der Waals surface area contributed by atoms with Crippen molar-refractivity contribution in [2.75, 3.05) is 7.11 Å². The monoisotopic (exact) mass is 313 g/mol. The third kappa shape index (κ3) is 1.01. The molecule has 7 heteroatoms. The average molecular weight is 313 g/mol. The molecule has 1 aromatic heterocycles. The van der Waals surface area contributed by atoms with Crippen LogP contribution in [0.4, 0.5) is 0 Å². The molecule has 23 heavy (non-hydrogen) atoms. The molecular weight excluding hydrogens is 298 g/mol. The SMILES string of the molecule is COC(=O)C1[C@]23C=CC=C[C@]12[C@@H]1C=C[C@H]3n2c(=O)n(C)c(=O)n21. The van der Waals surface area contributed by atoms with Gasteiger partial charge in [-0.2, -0.15) is 0 Å². The second-order valence-electron chi connectivity index (χ2n) is 6.63. The molecule has 0 amide bonds. The van der Waals surface area contributed by atoms with E-state index in [1.165, 1.54) is 23.5 Å². The van der Waals surface area contributed by atoms with Crippen molar-refractivity contribution in [3.05, 3.63) is 57.4 Å². The highest BCUT2D eigenvalue weighted by Gasteiger charge is 2.86. The van der Waals surface area contributed by atoms with E-state index in [-0.39, 0.29) is 29.4 Å². The van der Waals surface area contributed by atoms with Crippen LogP contribution >= 0.6 is 0 Å². The lowest BCUT2D eigenvalue weighted by atomic mass is 9.73. The lowest BCUT2D eigenvalue weighted by Gasteiger charge is -2.43. The van der Waals surface area contributed by atoms with Gasteiger partial charge in [-0.05, 0) is 0 Å². The Balaban J connectivity index is 1.87. The highest BCUT2D eigenvalue weighted by atomic mass is 16.5. The summed E-state index contributed by atoms with van der Waals surface area (Å²) >= 11 is 0. The predicted octanol–water partition coefficient (Wildman–Crippen LogP) is -0.0843. The molecular formula is C16H15N3O4. The Kier molecular flexibility index (Phi) is 1.97. The second-order valence-corrected chi connectivity index (χ2v) is 6.63. The number of nitrogens with zero attached hydrogens (tertiary/aromatic N) is 3. The maximum Gasteiger partial charge on any atom is 0.347 e. The molecule has 5 aliphatic rings. The van der Waals surface area contributed by atoms with Gasteiger partial charge < -0.3 is 4.74 Å². The summed E-state index contributed by atoms with van der Waals surface area (Å²) in [6, 6.07) is -0.724. The van der Waals surface area contributed by atoms with Crippen molar-refractivity contribution in [2.45, 2.75) is 12.1 Å². The zero-order valence-electron chi connectivity index (χ0n) is 12.7. The minimum atomic E-state index is -0.522. The van der Waals surface area contributed by atoms with E-state index in [4.69, 9.17) is 4.74 Å². The van der Waals surface area contributed by atoms with Gasteiger partial charge in [-0.1, -0.05) is 36.5 Å². The van der Waals surface area contributed by atoms with Gasteiger partial charge in [0.1, 0.15) is 0 Å². The lowest BCUT2D eigenvalue weighted by molar-refractivity contribution is -0.143. The van der Waals surface area contributed by atoms with Gasteiger partial charge in [0, 0.05) is 17.9 Å². The molecule has 3 heterocycles. The number of ether oxygens (including phenoxy) is 1. The fourth-order valence-corrected chi connectivity index (χ4v) is 5.21. The molecule has 1 saturated carbocycles. The molecule has 3 aliphatic carbocycles. The maximum absolute atomic E-state index is 12.5. The Morgan fingerprint density at radius 1 is 1.04 bits per heavy atom. The lowest BCUT2D eigenvalue weighted by Crippen LogP contribution is -2.48. The predicted molar refractivity (Wildman–Crippen MR) is 79.8 cm³/mol. The van der Waals surface area contributed by atoms with Crippen LogP contribution in [0.2, 0.25) is 0 Å². The van der Waals surface area contributed by atoms with Crippen LogP contribution in [0.15, 0.2) is 46.0 Å². The van der Waals surface area contributed by atoms with E-state index in [9.17, 15) is 14.4 Å². The molecule has 118 valence electrons. The van der Waals surface area contributed by atoms with E-state index in [1.807, 2.05) is 36.5 Å². The number of rotatable bonds is 1. The van der Waals surface area contributed by atoms with Gasteiger partial charge in [0.15, 0.2) is 0 Å². The highest BCUT2D eigenvalue weighted by Crippen LogP contribution is 2.83. The summed E-state index contributed by atoms with van der Waals surface area (Å²) < 4.78 is 9.14. The first-order chi connectivity index (χ1) is 11.0. The molecule has 2 bridgehead atoms. The molecule has 7 nitrogen and oxygen atoms in total. The van der Waals surface area contributed by atoms with Crippen LogP contribution in [0.25, 0.3) is 0 Å². The summed E-state index contributed by atoms with van der Waals surface area (Å²) in [4.78, 5) is 37.5. The Hall–Kier alpha value is -2.57. The number of esters is 1. The molecule has 1 unspecified atom stereocenters. The molecule has 5 atom stereocenters. The fraction of sp³-hybridized carbons (Fsp3) is 0.438. The second kappa shape index (κ2) is 3.50. The van der Waals surface area contributed by atoms with Crippen LogP contribution in [0.1, 0.15) is 12.1 Å². The van der Waals surface area contributed by atoms with Crippen LogP contribution in [0.3, 0.4) is 0 Å². The van der Waals surface area contributed by atoms with Gasteiger partial charge in [0.25, 0.3) is 0 Å². The minimum Gasteiger partial charge on any atom is -0.469 e. The van der Waals surface area contributed by atoms with Gasteiger partial charge in [0.2, 0.25) is 0 Å². The standard InChI is InChI=1S/C16H15N3O4/c1-17-13(21)18-9-5-6-10(19(18)14(17)22)16-8-4-3-7-15(9,16)11(16)12(20)23-2/h3-11H,1-2H3/t9-,10+,11?,15-,16+. The summed E-state index contributed by atoms with van der Waals surface area (Å²) in [6.45, 7) is 0. The van der Waals surface area contributed by atoms with Crippen LogP contribution in [0.5, 0.6) is 0 Å². The normalized spacial score (nSPS) is 40.5. The van der Waals surface area contributed by atoms with Crippen molar-refractivity contribution < 1.29 is 9.53 Å². The van der Waals surface area contributed by atoms with Crippen LogP contribution < -0.4 is 11.4 Å². The number of hydrogen-bond donors (Lipinski definition) is 0. The first-order valence-corrected chi connectivity index (χ1v) is 7.55. The topological polar surface area (TPSA) is 75.2 Å². The first kappa shape index (κ1) is 12.9. The van der Waals surface area contributed by atoms with E-state index >= 15 is 0 Å². The van der Waals surface area contributed by atoms with Crippen molar-refractivity contribution in [2.24, 2.45) is 23.8 Å². The summed E-state index contributed by atoms with van der Waals surface area (Å²) in [6.07, 6.45) is 11.7. The summed E-state index contributed by atoms with van der Waals surface area (Å²) in [5, 5.41) is 0. The fourth-order valence-electron chi connectivity index (χ4n) is 5.21. The number of methoxy groups -OCH3 is 1. The van der Waals surface area contributed by atoms with E-state index in [1.54, 1.807) is 0 Å². The molecule has 1 aromatic rings. The molecule has 0 N–H and O–H groups in total. The van der Waals surface area contributed by atoms with Crippen molar-refractivity contribution in [3.63, 3.8) is 0 Å².